The number of nitrogen functional groups attached to an aromatic ring is 1. The predicted octanol–water partition coefficient (Wildman–Crippen LogP) is 4.09. The molecule has 2 aromatic heterocycles. The Labute approximate surface area is 155 Å². The average Bonchev–Trinajstić information content (AvgIpc) is 3.14. The van der Waals surface area contributed by atoms with Gasteiger partial charge in [0, 0.05) is 22.9 Å². The van der Waals surface area contributed by atoms with Gasteiger partial charge in [-0.25, -0.2) is 9.48 Å². The number of fused-ring (bicyclic) bond motifs is 2. The molecule has 1 atom stereocenters. The van der Waals surface area contributed by atoms with Crippen molar-refractivity contribution in [2.24, 2.45) is 0 Å². The first-order valence-electron chi connectivity index (χ1n) is 9.13. The van der Waals surface area contributed by atoms with Crippen LogP contribution in [0.1, 0.15) is 25.5 Å². The van der Waals surface area contributed by atoms with Crippen LogP contribution < -0.4 is 11.4 Å². The Balaban J connectivity index is 1.78. The second kappa shape index (κ2) is 6.25. The van der Waals surface area contributed by atoms with E-state index in [1.54, 1.807) is 6.07 Å². The highest BCUT2D eigenvalue weighted by molar-refractivity contribution is 6.06. The third-order valence-electron chi connectivity index (χ3n) is 5.19. The molecule has 2 aromatic carbocycles. The van der Waals surface area contributed by atoms with E-state index in [4.69, 9.17) is 14.9 Å². The minimum atomic E-state index is -0.524. The first-order valence-corrected chi connectivity index (χ1v) is 9.13. The van der Waals surface area contributed by atoms with Crippen molar-refractivity contribution in [3.63, 3.8) is 0 Å². The number of rotatable bonds is 2. The average molecular weight is 361 g/mol. The van der Waals surface area contributed by atoms with Crippen LogP contribution in [0.2, 0.25) is 0 Å². The molecule has 3 heterocycles. The molecule has 0 saturated carbocycles. The summed E-state index contributed by atoms with van der Waals surface area (Å²) in [4.78, 5) is 12.3. The molecule has 6 heteroatoms. The second-order valence-corrected chi connectivity index (χ2v) is 6.82. The number of hydrogen-bond donors (Lipinski definition) is 1. The second-order valence-electron chi connectivity index (χ2n) is 6.82. The fraction of sp³-hybridized carbons (Fsp3) is 0.238. The Hall–Kier alpha value is -3.12. The number of ether oxygens (including phenoxy) is 1. The van der Waals surface area contributed by atoms with Gasteiger partial charge in [-0.3, -0.25) is 0 Å². The molecule has 1 aliphatic rings. The maximum atomic E-state index is 12.3. The maximum Gasteiger partial charge on any atom is 0.360 e. The molecule has 2 N–H and O–H groups in total. The fourth-order valence-electron chi connectivity index (χ4n) is 3.89. The van der Waals surface area contributed by atoms with Gasteiger partial charge in [0.25, 0.3) is 0 Å². The summed E-state index contributed by atoms with van der Waals surface area (Å²) in [6.45, 7) is 0.753. The van der Waals surface area contributed by atoms with Crippen LogP contribution in [0.15, 0.2) is 57.9 Å². The summed E-state index contributed by atoms with van der Waals surface area (Å²) in [5, 5.41) is 6.33. The number of anilines is 1. The molecular formula is C21H19N3O3. The standard InChI is InChI=1S/C21H19N3O3/c22-20-19(14-6-1-2-9-17(14)27-21(20)25)13-7-5-8-16-15(13)12-23-24(16)18-10-3-4-11-26-18/h1-2,5-9,12,18H,3-4,10-11,22H2. The van der Waals surface area contributed by atoms with Gasteiger partial charge in [0.2, 0.25) is 0 Å². The van der Waals surface area contributed by atoms with Crippen LogP contribution in [0.5, 0.6) is 0 Å². The Morgan fingerprint density at radius 3 is 2.81 bits per heavy atom. The summed E-state index contributed by atoms with van der Waals surface area (Å²) in [6, 6.07) is 13.4. The molecule has 1 unspecified atom stereocenters. The Morgan fingerprint density at radius 2 is 1.96 bits per heavy atom. The van der Waals surface area contributed by atoms with Gasteiger partial charge in [-0.1, -0.05) is 30.3 Å². The van der Waals surface area contributed by atoms with Gasteiger partial charge in [-0.15, -0.1) is 0 Å². The van der Waals surface area contributed by atoms with Crippen LogP contribution in [0, 0.1) is 0 Å². The minimum Gasteiger partial charge on any atom is -0.421 e. The first-order chi connectivity index (χ1) is 13.2. The smallest absolute Gasteiger partial charge is 0.360 e. The first kappa shape index (κ1) is 16.1. The molecule has 27 heavy (non-hydrogen) atoms. The number of hydrogen-bond acceptors (Lipinski definition) is 5. The van der Waals surface area contributed by atoms with Crippen molar-refractivity contribution < 1.29 is 9.15 Å². The molecule has 1 saturated heterocycles. The minimum absolute atomic E-state index is 0.0542. The van der Waals surface area contributed by atoms with Crippen molar-refractivity contribution in [1.82, 2.24) is 9.78 Å². The summed E-state index contributed by atoms with van der Waals surface area (Å²) < 4.78 is 13.2. The quantitative estimate of drug-likeness (QED) is 0.544. The van der Waals surface area contributed by atoms with Gasteiger partial charge in [0.05, 0.1) is 11.7 Å². The summed E-state index contributed by atoms with van der Waals surface area (Å²) >= 11 is 0. The van der Waals surface area contributed by atoms with E-state index in [2.05, 4.69) is 5.10 Å². The van der Waals surface area contributed by atoms with E-state index in [1.165, 1.54) is 0 Å². The normalized spacial score (nSPS) is 17.6. The van der Waals surface area contributed by atoms with E-state index in [1.807, 2.05) is 47.3 Å². The van der Waals surface area contributed by atoms with Gasteiger partial charge >= 0.3 is 5.63 Å². The zero-order chi connectivity index (χ0) is 18.4. The molecule has 0 radical (unpaired) electrons. The number of benzene rings is 2. The zero-order valence-electron chi connectivity index (χ0n) is 14.7. The summed E-state index contributed by atoms with van der Waals surface area (Å²) in [7, 11) is 0. The van der Waals surface area contributed by atoms with Crippen LogP contribution >= 0.6 is 0 Å². The highest BCUT2D eigenvalue weighted by atomic mass is 16.5. The summed E-state index contributed by atoms with van der Waals surface area (Å²) in [5.41, 5.74) is 8.80. The third kappa shape index (κ3) is 2.52. The molecular weight excluding hydrogens is 342 g/mol. The van der Waals surface area contributed by atoms with Crippen molar-refractivity contribution in [3.8, 4) is 11.1 Å². The number of aromatic nitrogens is 2. The SMILES string of the molecule is Nc1c(-c2cccc3c2cnn3C2CCCCO2)c2ccccc2oc1=O. The highest BCUT2D eigenvalue weighted by Gasteiger charge is 2.21. The fourth-order valence-corrected chi connectivity index (χ4v) is 3.89. The van der Waals surface area contributed by atoms with Gasteiger partial charge in [-0.2, -0.15) is 5.10 Å². The van der Waals surface area contributed by atoms with Crippen LogP contribution in [-0.4, -0.2) is 16.4 Å². The lowest BCUT2D eigenvalue weighted by atomic mass is 9.97. The highest BCUT2D eigenvalue weighted by Crippen LogP contribution is 2.37. The number of nitrogens with zero attached hydrogens (tertiary/aromatic N) is 2. The van der Waals surface area contributed by atoms with Crippen LogP contribution in [0.4, 0.5) is 5.69 Å². The molecule has 6 nitrogen and oxygen atoms in total. The summed E-state index contributed by atoms with van der Waals surface area (Å²) in [6.07, 6.45) is 4.93. The third-order valence-corrected chi connectivity index (χ3v) is 5.19. The van der Waals surface area contributed by atoms with E-state index in [0.29, 0.717) is 11.1 Å². The van der Waals surface area contributed by atoms with Gasteiger partial charge in [0.15, 0.2) is 6.23 Å². The van der Waals surface area contributed by atoms with Gasteiger partial charge in [0.1, 0.15) is 11.3 Å². The zero-order valence-corrected chi connectivity index (χ0v) is 14.7. The van der Waals surface area contributed by atoms with Crippen LogP contribution in [0.25, 0.3) is 33.0 Å². The lowest BCUT2D eigenvalue weighted by Gasteiger charge is -2.23. The molecule has 0 spiro atoms. The van der Waals surface area contributed by atoms with Crippen LogP contribution in [0.3, 0.4) is 0 Å². The number of nitrogens with two attached hydrogens (primary N) is 1. The lowest BCUT2D eigenvalue weighted by molar-refractivity contribution is -0.0366. The van der Waals surface area contributed by atoms with Crippen molar-refractivity contribution >= 4 is 27.6 Å². The molecule has 0 aliphatic carbocycles. The van der Waals surface area contributed by atoms with E-state index in [0.717, 1.165) is 47.7 Å². The van der Waals surface area contributed by atoms with Crippen molar-refractivity contribution in [2.75, 3.05) is 12.3 Å². The Morgan fingerprint density at radius 1 is 1.07 bits per heavy atom. The molecule has 4 aromatic rings. The van der Waals surface area contributed by atoms with Crippen molar-refractivity contribution in [1.29, 1.82) is 0 Å². The Bertz CT molecular complexity index is 1200. The largest absolute Gasteiger partial charge is 0.421 e. The number of para-hydroxylation sites is 1. The van der Waals surface area contributed by atoms with E-state index in [-0.39, 0.29) is 11.9 Å². The van der Waals surface area contributed by atoms with E-state index >= 15 is 0 Å². The molecule has 1 fully saturated rings. The lowest BCUT2D eigenvalue weighted by Crippen LogP contribution is -2.18. The van der Waals surface area contributed by atoms with Gasteiger partial charge in [-0.05, 0) is 37.0 Å². The topological polar surface area (TPSA) is 83.3 Å². The van der Waals surface area contributed by atoms with E-state index < -0.39 is 5.63 Å². The molecule has 1 aliphatic heterocycles. The predicted molar refractivity (Wildman–Crippen MR) is 104 cm³/mol. The molecule has 0 amide bonds. The van der Waals surface area contributed by atoms with E-state index in [9.17, 15) is 4.79 Å². The van der Waals surface area contributed by atoms with Crippen molar-refractivity contribution in [3.05, 3.63) is 59.1 Å². The van der Waals surface area contributed by atoms with Crippen molar-refractivity contribution in [2.45, 2.75) is 25.5 Å². The maximum absolute atomic E-state index is 12.3. The van der Waals surface area contributed by atoms with Gasteiger partial charge < -0.3 is 14.9 Å². The molecule has 5 rings (SSSR count). The monoisotopic (exact) mass is 361 g/mol. The summed E-state index contributed by atoms with van der Waals surface area (Å²) in [5.74, 6) is 0. The van der Waals surface area contributed by atoms with Crippen LogP contribution in [-0.2, 0) is 4.74 Å². The molecule has 136 valence electrons. The Kier molecular flexibility index (Phi) is 3.72. The molecule has 0 bridgehead atoms.